The molecule has 1 amide bonds. The smallest absolute Gasteiger partial charge is 0.291 e. The highest BCUT2D eigenvalue weighted by Gasteiger charge is 2.26. The summed E-state index contributed by atoms with van der Waals surface area (Å²) >= 11 is 0. The van der Waals surface area contributed by atoms with Crippen molar-refractivity contribution in [3.8, 4) is 5.75 Å². The molecular formula is C20H20N4O2. The average Bonchev–Trinajstić information content (AvgIpc) is 2.73. The van der Waals surface area contributed by atoms with Crippen molar-refractivity contribution in [3.05, 3.63) is 60.3 Å². The summed E-state index contributed by atoms with van der Waals surface area (Å²) in [5.41, 5.74) is 2.35. The summed E-state index contributed by atoms with van der Waals surface area (Å²) in [6.45, 7) is 1.41. The molecular weight excluding hydrogens is 328 g/mol. The van der Waals surface area contributed by atoms with Crippen LogP contribution in [0.2, 0.25) is 0 Å². The molecule has 0 bridgehead atoms. The summed E-state index contributed by atoms with van der Waals surface area (Å²) in [5, 5.41) is 1.21. The van der Waals surface area contributed by atoms with Gasteiger partial charge in [-0.25, -0.2) is 9.97 Å². The standard InChI is InChI=1S/C20H20N4O2/c1-26-15-12-22-19(23-13-15)20(25)24-10-7-14(8-11-24)16-6-9-21-18-5-3-2-4-17(16)18/h2-6,9,12-14H,7-8,10-11H2,1H3. The molecule has 0 N–H and O–H groups in total. The molecule has 0 aliphatic carbocycles. The van der Waals surface area contributed by atoms with Gasteiger partial charge in [-0.1, -0.05) is 18.2 Å². The van der Waals surface area contributed by atoms with Crippen LogP contribution in [-0.4, -0.2) is 46.0 Å². The van der Waals surface area contributed by atoms with Gasteiger partial charge >= 0.3 is 0 Å². The highest BCUT2D eigenvalue weighted by molar-refractivity contribution is 5.90. The molecule has 1 aliphatic rings. The molecule has 1 fully saturated rings. The number of aromatic nitrogens is 3. The number of likely N-dealkylation sites (tertiary alicyclic amines) is 1. The predicted molar refractivity (Wildman–Crippen MR) is 98.2 cm³/mol. The van der Waals surface area contributed by atoms with Gasteiger partial charge in [0.05, 0.1) is 25.0 Å². The molecule has 0 unspecified atom stereocenters. The molecule has 132 valence electrons. The largest absolute Gasteiger partial charge is 0.494 e. The van der Waals surface area contributed by atoms with Crippen LogP contribution in [0.1, 0.15) is 34.9 Å². The van der Waals surface area contributed by atoms with E-state index in [9.17, 15) is 4.79 Å². The maximum atomic E-state index is 12.6. The first kappa shape index (κ1) is 16.4. The number of ether oxygens (including phenoxy) is 1. The lowest BCUT2D eigenvalue weighted by atomic mass is 9.87. The molecule has 3 heterocycles. The zero-order valence-corrected chi connectivity index (χ0v) is 14.6. The molecule has 26 heavy (non-hydrogen) atoms. The number of pyridine rings is 1. The third-order valence-electron chi connectivity index (χ3n) is 4.96. The minimum absolute atomic E-state index is 0.120. The van der Waals surface area contributed by atoms with Crippen LogP contribution in [0.15, 0.2) is 48.9 Å². The van der Waals surface area contributed by atoms with Crippen LogP contribution in [0.5, 0.6) is 5.75 Å². The van der Waals surface area contributed by atoms with Gasteiger partial charge in [0.2, 0.25) is 5.82 Å². The number of benzene rings is 1. The molecule has 4 rings (SSSR count). The third-order valence-corrected chi connectivity index (χ3v) is 4.96. The minimum Gasteiger partial charge on any atom is -0.494 e. The Balaban J connectivity index is 1.47. The van der Waals surface area contributed by atoms with Gasteiger partial charge in [-0.05, 0) is 36.5 Å². The van der Waals surface area contributed by atoms with Crippen molar-refractivity contribution < 1.29 is 9.53 Å². The van der Waals surface area contributed by atoms with Gasteiger partial charge in [-0.3, -0.25) is 9.78 Å². The lowest BCUT2D eigenvalue weighted by Crippen LogP contribution is -2.38. The molecule has 0 atom stereocenters. The topological polar surface area (TPSA) is 68.2 Å². The van der Waals surface area contributed by atoms with Crippen molar-refractivity contribution in [2.75, 3.05) is 20.2 Å². The van der Waals surface area contributed by atoms with Gasteiger partial charge < -0.3 is 9.64 Å². The summed E-state index contributed by atoms with van der Waals surface area (Å²) < 4.78 is 5.04. The van der Waals surface area contributed by atoms with E-state index in [4.69, 9.17) is 4.74 Å². The first-order chi connectivity index (χ1) is 12.8. The van der Waals surface area contributed by atoms with E-state index in [0.717, 1.165) is 18.4 Å². The monoisotopic (exact) mass is 348 g/mol. The summed E-state index contributed by atoms with van der Waals surface area (Å²) in [5.74, 6) is 1.08. The first-order valence-corrected chi connectivity index (χ1v) is 8.75. The molecule has 1 aliphatic heterocycles. The molecule has 0 spiro atoms. The fourth-order valence-electron chi connectivity index (χ4n) is 3.54. The van der Waals surface area contributed by atoms with Crippen molar-refractivity contribution in [2.45, 2.75) is 18.8 Å². The number of methoxy groups -OCH3 is 1. The molecule has 6 nitrogen and oxygen atoms in total. The van der Waals surface area contributed by atoms with Gasteiger partial charge in [-0.15, -0.1) is 0 Å². The van der Waals surface area contributed by atoms with Gasteiger partial charge in [0.25, 0.3) is 5.91 Å². The first-order valence-electron chi connectivity index (χ1n) is 8.75. The Morgan fingerprint density at radius 3 is 2.54 bits per heavy atom. The quantitative estimate of drug-likeness (QED) is 0.728. The predicted octanol–water partition coefficient (Wildman–Crippen LogP) is 3.05. The summed E-state index contributed by atoms with van der Waals surface area (Å²) in [4.78, 5) is 27.1. The normalized spacial score (nSPS) is 15.2. The molecule has 0 radical (unpaired) electrons. The van der Waals surface area contributed by atoms with E-state index in [-0.39, 0.29) is 11.7 Å². The van der Waals surface area contributed by atoms with Crippen LogP contribution in [0.4, 0.5) is 0 Å². The van der Waals surface area contributed by atoms with Gasteiger partial charge in [0, 0.05) is 24.7 Å². The lowest BCUT2D eigenvalue weighted by Gasteiger charge is -2.32. The average molecular weight is 348 g/mol. The van der Waals surface area contributed by atoms with Gasteiger partial charge in [0.15, 0.2) is 5.75 Å². The lowest BCUT2D eigenvalue weighted by molar-refractivity contribution is 0.0700. The maximum absolute atomic E-state index is 12.6. The number of para-hydroxylation sites is 1. The number of hydrogen-bond donors (Lipinski definition) is 0. The van der Waals surface area contributed by atoms with Crippen LogP contribution in [-0.2, 0) is 0 Å². The second-order valence-corrected chi connectivity index (χ2v) is 6.43. The van der Waals surface area contributed by atoms with E-state index in [2.05, 4.69) is 27.1 Å². The van der Waals surface area contributed by atoms with Crippen LogP contribution in [0, 0.1) is 0 Å². The number of amides is 1. The van der Waals surface area contributed by atoms with Gasteiger partial charge in [-0.2, -0.15) is 0 Å². The van der Waals surface area contributed by atoms with E-state index in [1.54, 1.807) is 7.11 Å². The molecule has 1 aromatic carbocycles. The second-order valence-electron chi connectivity index (χ2n) is 6.43. The fourth-order valence-corrected chi connectivity index (χ4v) is 3.54. The third kappa shape index (κ3) is 3.10. The second kappa shape index (κ2) is 7.07. The van der Waals surface area contributed by atoms with Crippen LogP contribution < -0.4 is 4.74 Å². The van der Waals surface area contributed by atoms with Crippen molar-refractivity contribution in [2.24, 2.45) is 0 Å². The molecule has 2 aromatic heterocycles. The number of hydrogen-bond acceptors (Lipinski definition) is 5. The zero-order valence-electron chi connectivity index (χ0n) is 14.6. The summed E-state index contributed by atoms with van der Waals surface area (Å²) in [7, 11) is 1.55. The fraction of sp³-hybridized carbons (Fsp3) is 0.300. The number of carbonyl (C=O) groups is 1. The molecule has 1 saturated heterocycles. The highest BCUT2D eigenvalue weighted by Crippen LogP contribution is 2.32. The Morgan fingerprint density at radius 1 is 1.08 bits per heavy atom. The van der Waals surface area contributed by atoms with Crippen molar-refractivity contribution in [1.82, 2.24) is 19.9 Å². The van der Waals surface area contributed by atoms with Crippen LogP contribution >= 0.6 is 0 Å². The van der Waals surface area contributed by atoms with E-state index < -0.39 is 0 Å². The van der Waals surface area contributed by atoms with Crippen molar-refractivity contribution in [1.29, 1.82) is 0 Å². The van der Waals surface area contributed by atoms with Crippen molar-refractivity contribution >= 4 is 16.8 Å². The number of rotatable bonds is 3. The van der Waals surface area contributed by atoms with Gasteiger partial charge in [0.1, 0.15) is 0 Å². The van der Waals surface area contributed by atoms with Crippen molar-refractivity contribution in [3.63, 3.8) is 0 Å². The van der Waals surface area contributed by atoms with E-state index in [1.165, 1.54) is 23.3 Å². The Kier molecular flexibility index (Phi) is 4.48. The zero-order chi connectivity index (χ0) is 17.9. The molecule has 3 aromatic rings. The van der Waals surface area contributed by atoms with Crippen LogP contribution in [0.25, 0.3) is 10.9 Å². The highest BCUT2D eigenvalue weighted by atomic mass is 16.5. The number of carbonyl (C=O) groups excluding carboxylic acids is 1. The maximum Gasteiger partial charge on any atom is 0.291 e. The SMILES string of the molecule is COc1cnc(C(=O)N2CCC(c3ccnc4ccccc34)CC2)nc1. The molecule has 0 saturated carbocycles. The number of nitrogens with zero attached hydrogens (tertiary/aromatic N) is 4. The summed E-state index contributed by atoms with van der Waals surface area (Å²) in [6, 6.07) is 10.3. The molecule has 6 heteroatoms. The van der Waals surface area contributed by atoms with Crippen LogP contribution in [0.3, 0.4) is 0 Å². The Morgan fingerprint density at radius 2 is 1.81 bits per heavy atom. The van der Waals surface area contributed by atoms with E-state index >= 15 is 0 Å². The summed E-state index contributed by atoms with van der Waals surface area (Å²) in [6.07, 6.45) is 6.78. The number of fused-ring (bicyclic) bond motifs is 1. The Bertz CT molecular complexity index is 913. The Hall–Kier alpha value is -3.02. The minimum atomic E-state index is -0.120. The number of piperidine rings is 1. The van der Waals surface area contributed by atoms with E-state index in [1.807, 2.05) is 29.3 Å². The van der Waals surface area contributed by atoms with E-state index in [0.29, 0.717) is 24.8 Å². The Labute approximate surface area is 151 Å².